The van der Waals surface area contributed by atoms with Gasteiger partial charge in [-0.3, -0.25) is 10.1 Å². The van der Waals surface area contributed by atoms with Gasteiger partial charge in [-0.1, -0.05) is 5.16 Å². The first-order valence-electron chi connectivity index (χ1n) is 4.10. The Hall–Kier alpha value is -2.32. The summed E-state index contributed by atoms with van der Waals surface area (Å²) in [4.78, 5) is 9.44. The zero-order chi connectivity index (χ0) is 13.2. The zero-order valence-electron chi connectivity index (χ0n) is 8.10. The van der Waals surface area contributed by atoms with Gasteiger partial charge in [-0.25, -0.2) is 0 Å². The molecule has 1 aromatic rings. The van der Waals surface area contributed by atoms with E-state index in [2.05, 4.69) is 5.16 Å². The van der Waals surface area contributed by atoms with Crippen LogP contribution in [-0.2, 0) is 6.18 Å². The summed E-state index contributed by atoms with van der Waals surface area (Å²) in [5.74, 6) is -0.640. The van der Waals surface area contributed by atoms with E-state index < -0.39 is 28.2 Å². The van der Waals surface area contributed by atoms with E-state index in [0.29, 0.717) is 12.1 Å². The molecule has 0 aromatic heterocycles. The average molecular weight is 249 g/mol. The highest BCUT2D eigenvalue weighted by Gasteiger charge is 2.33. The number of benzene rings is 1. The largest absolute Gasteiger partial charge is 0.416 e. The molecule has 0 bridgehead atoms. The van der Waals surface area contributed by atoms with Crippen molar-refractivity contribution in [3.8, 4) is 0 Å². The van der Waals surface area contributed by atoms with Crippen molar-refractivity contribution in [2.75, 3.05) is 0 Å². The normalized spacial score (nSPS) is 12.5. The van der Waals surface area contributed by atoms with E-state index in [1.807, 2.05) is 0 Å². The molecule has 0 saturated carbocycles. The third-order valence-electron chi connectivity index (χ3n) is 1.86. The Labute approximate surface area is 92.3 Å². The highest BCUT2D eigenvalue weighted by atomic mass is 19.4. The fourth-order valence-corrected chi connectivity index (χ4v) is 1.09. The predicted octanol–water partition coefficient (Wildman–Crippen LogP) is 1.71. The van der Waals surface area contributed by atoms with E-state index in [-0.39, 0.29) is 5.56 Å². The number of non-ortho nitro benzene ring substituents is 1. The topological polar surface area (TPSA) is 102 Å². The van der Waals surface area contributed by atoms with Gasteiger partial charge in [0, 0.05) is 17.7 Å². The molecule has 0 unspecified atom stereocenters. The molecule has 0 spiro atoms. The van der Waals surface area contributed by atoms with Crippen LogP contribution in [0.4, 0.5) is 18.9 Å². The SMILES string of the molecule is N/C(=N\O)c1cc([N+](=O)[O-])cc(C(F)(F)F)c1. The maximum atomic E-state index is 12.4. The van der Waals surface area contributed by atoms with Crippen molar-refractivity contribution in [1.29, 1.82) is 0 Å². The smallest absolute Gasteiger partial charge is 0.409 e. The van der Waals surface area contributed by atoms with Gasteiger partial charge < -0.3 is 10.9 Å². The first kappa shape index (κ1) is 12.7. The quantitative estimate of drug-likeness (QED) is 0.274. The Balaban J connectivity index is 3.45. The Morgan fingerprint density at radius 1 is 1.41 bits per heavy atom. The number of halogens is 3. The maximum absolute atomic E-state index is 12.4. The lowest BCUT2D eigenvalue weighted by molar-refractivity contribution is -0.385. The van der Waals surface area contributed by atoms with E-state index in [1.165, 1.54) is 0 Å². The van der Waals surface area contributed by atoms with Crippen LogP contribution in [0, 0.1) is 10.1 Å². The lowest BCUT2D eigenvalue weighted by Gasteiger charge is -2.08. The average Bonchev–Trinajstić information content (AvgIpc) is 2.26. The van der Waals surface area contributed by atoms with Crippen molar-refractivity contribution in [3.63, 3.8) is 0 Å². The van der Waals surface area contributed by atoms with Gasteiger partial charge in [0.15, 0.2) is 5.84 Å². The Kier molecular flexibility index (Phi) is 3.21. The van der Waals surface area contributed by atoms with E-state index in [9.17, 15) is 23.3 Å². The highest BCUT2D eigenvalue weighted by molar-refractivity contribution is 5.97. The van der Waals surface area contributed by atoms with Gasteiger partial charge in [-0.15, -0.1) is 0 Å². The van der Waals surface area contributed by atoms with Gasteiger partial charge in [0.2, 0.25) is 0 Å². The highest BCUT2D eigenvalue weighted by Crippen LogP contribution is 2.32. The summed E-state index contributed by atoms with van der Waals surface area (Å²) in [7, 11) is 0. The Bertz CT molecular complexity index is 485. The molecule has 0 aliphatic heterocycles. The van der Waals surface area contributed by atoms with Gasteiger partial charge in [-0.05, 0) is 6.07 Å². The van der Waals surface area contributed by atoms with Crippen molar-refractivity contribution < 1.29 is 23.3 Å². The number of oxime groups is 1. The molecule has 1 rings (SSSR count). The lowest BCUT2D eigenvalue weighted by atomic mass is 10.1. The number of hydrogen-bond acceptors (Lipinski definition) is 4. The fourth-order valence-electron chi connectivity index (χ4n) is 1.09. The number of rotatable bonds is 2. The summed E-state index contributed by atoms with van der Waals surface area (Å²) in [6.07, 6.45) is -4.75. The lowest BCUT2D eigenvalue weighted by Crippen LogP contribution is -2.15. The van der Waals surface area contributed by atoms with Crippen LogP contribution in [-0.4, -0.2) is 16.0 Å². The van der Waals surface area contributed by atoms with E-state index in [4.69, 9.17) is 10.9 Å². The van der Waals surface area contributed by atoms with Crippen molar-refractivity contribution in [1.82, 2.24) is 0 Å². The number of nitrogens with zero attached hydrogens (tertiary/aromatic N) is 2. The molecular formula is C8H6F3N3O3. The molecule has 92 valence electrons. The minimum Gasteiger partial charge on any atom is -0.409 e. The first-order valence-corrected chi connectivity index (χ1v) is 4.10. The van der Waals surface area contributed by atoms with E-state index in [1.54, 1.807) is 0 Å². The molecule has 17 heavy (non-hydrogen) atoms. The van der Waals surface area contributed by atoms with Crippen LogP contribution in [0.15, 0.2) is 23.4 Å². The van der Waals surface area contributed by atoms with Gasteiger partial charge in [0.25, 0.3) is 5.69 Å². The number of alkyl halides is 3. The molecule has 0 aliphatic rings. The minimum absolute atomic E-state index is 0.369. The molecule has 0 atom stereocenters. The van der Waals surface area contributed by atoms with Crippen LogP contribution in [0.5, 0.6) is 0 Å². The number of nitro groups is 1. The van der Waals surface area contributed by atoms with Crippen LogP contribution in [0.2, 0.25) is 0 Å². The molecule has 9 heteroatoms. The molecule has 0 radical (unpaired) electrons. The molecule has 6 nitrogen and oxygen atoms in total. The van der Waals surface area contributed by atoms with Crippen LogP contribution in [0.25, 0.3) is 0 Å². The van der Waals surface area contributed by atoms with E-state index in [0.717, 1.165) is 6.07 Å². The second-order valence-corrected chi connectivity index (χ2v) is 3.01. The van der Waals surface area contributed by atoms with Gasteiger partial charge in [-0.2, -0.15) is 13.2 Å². The zero-order valence-corrected chi connectivity index (χ0v) is 8.10. The van der Waals surface area contributed by atoms with Crippen molar-refractivity contribution in [3.05, 3.63) is 39.4 Å². The van der Waals surface area contributed by atoms with Crippen LogP contribution >= 0.6 is 0 Å². The van der Waals surface area contributed by atoms with Crippen LogP contribution < -0.4 is 5.73 Å². The second-order valence-electron chi connectivity index (χ2n) is 3.01. The third-order valence-corrected chi connectivity index (χ3v) is 1.86. The standard InChI is InChI=1S/C8H6F3N3O3/c9-8(10,11)5-1-4(7(12)13-15)2-6(3-5)14(16)17/h1-3,15H,(H2,12,13). The van der Waals surface area contributed by atoms with Gasteiger partial charge in [0.05, 0.1) is 10.5 Å². The number of amidine groups is 1. The number of hydrogen-bond donors (Lipinski definition) is 2. The molecule has 0 aliphatic carbocycles. The van der Waals surface area contributed by atoms with Crippen LogP contribution in [0.3, 0.4) is 0 Å². The molecular weight excluding hydrogens is 243 g/mol. The summed E-state index contributed by atoms with van der Waals surface area (Å²) in [6, 6.07) is 1.71. The molecule has 0 saturated heterocycles. The maximum Gasteiger partial charge on any atom is 0.416 e. The third kappa shape index (κ3) is 2.83. The van der Waals surface area contributed by atoms with Crippen LogP contribution in [0.1, 0.15) is 11.1 Å². The molecule has 0 heterocycles. The number of nitro benzene ring substituents is 1. The summed E-state index contributed by atoms with van der Waals surface area (Å²) in [5.41, 5.74) is 2.67. The summed E-state index contributed by atoms with van der Waals surface area (Å²) < 4.78 is 37.2. The van der Waals surface area contributed by atoms with Gasteiger partial charge >= 0.3 is 6.18 Å². The predicted molar refractivity (Wildman–Crippen MR) is 50.6 cm³/mol. The van der Waals surface area contributed by atoms with Gasteiger partial charge in [0.1, 0.15) is 0 Å². The summed E-state index contributed by atoms with van der Waals surface area (Å²) in [6.45, 7) is 0. The Morgan fingerprint density at radius 2 is 2.00 bits per heavy atom. The summed E-state index contributed by atoms with van der Waals surface area (Å²) >= 11 is 0. The monoisotopic (exact) mass is 249 g/mol. The second kappa shape index (κ2) is 4.28. The van der Waals surface area contributed by atoms with Crippen molar-refractivity contribution >= 4 is 11.5 Å². The summed E-state index contributed by atoms with van der Waals surface area (Å²) in [5, 5.41) is 21.2. The van der Waals surface area contributed by atoms with Crippen molar-refractivity contribution in [2.24, 2.45) is 10.9 Å². The molecule has 0 amide bonds. The molecule has 1 aromatic carbocycles. The number of nitrogens with two attached hydrogens (primary N) is 1. The first-order chi connectivity index (χ1) is 7.75. The minimum atomic E-state index is -4.75. The molecule has 3 N–H and O–H groups in total. The fraction of sp³-hybridized carbons (Fsp3) is 0.125. The Morgan fingerprint density at radius 3 is 2.41 bits per heavy atom. The molecule has 0 fully saturated rings. The van der Waals surface area contributed by atoms with Crippen molar-refractivity contribution in [2.45, 2.75) is 6.18 Å². The van der Waals surface area contributed by atoms with E-state index >= 15 is 0 Å².